The predicted octanol–water partition coefficient (Wildman–Crippen LogP) is 2.54. The SMILES string of the molecule is Cc1c(C(=O)O)cccc1C(=O)O.NCc1ccccc1. The van der Waals surface area contributed by atoms with E-state index in [1.54, 1.807) is 0 Å². The quantitative estimate of drug-likeness (QED) is 0.805. The highest BCUT2D eigenvalue weighted by Crippen LogP contribution is 2.13. The van der Waals surface area contributed by atoms with E-state index in [9.17, 15) is 9.59 Å². The Balaban J connectivity index is 0.000000235. The number of rotatable bonds is 3. The lowest BCUT2D eigenvalue weighted by molar-refractivity contribution is 0.0696. The summed E-state index contributed by atoms with van der Waals surface area (Å²) in [5.41, 5.74) is 6.87. The van der Waals surface area contributed by atoms with Gasteiger partial charge in [-0.2, -0.15) is 0 Å². The zero-order valence-electron chi connectivity index (χ0n) is 11.6. The number of hydrogen-bond acceptors (Lipinski definition) is 3. The van der Waals surface area contributed by atoms with Crippen molar-refractivity contribution in [3.8, 4) is 0 Å². The van der Waals surface area contributed by atoms with Gasteiger partial charge in [-0.1, -0.05) is 36.4 Å². The minimum Gasteiger partial charge on any atom is -0.478 e. The summed E-state index contributed by atoms with van der Waals surface area (Å²) in [6, 6.07) is 14.2. The van der Waals surface area contributed by atoms with Crippen molar-refractivity contribution < 1.29 is 19.8 Å². The summed E-state index contributed by atoms with van der Waals surface area (Å²) in [6.45, 7) is 2.12. The zero-order valence-corrected chi connectivity index (χ0v) is 11.6. The molecular formula is C16H17NO4. The summed E-state index contributed by atoms with van der Waals surface area (Å²) in [5, 5.41) is 17.4. The number of carboxylic acid groups (broad SMARTS) is 2. The van der Waals surface area contributed by atoms with Gasteiger partial charge in [0.15, 0.2) is 0 Å². The predicted molar refractivity (Wildman–Crippen MR) is 79.4 cm³/mol. The van der Waals surface area contributed by atoms with Crippen LogP contribution < -0.4 is 5.73 Å². The van der Waals surface area contributed by atoms with Gasteiger partial charge in [0, 0.05) is 6.54 Å². The average Bonchev–Trinajstić information content (AvgIpc) is 2.48. The van der Waals surface area contributed by atoms with Gasteiger partial charge < -0.3 is 15.9 Å². The Labute approximate surface area is 122 Å². The maximum Gasteiger partial charge on any atom is 0.335 e. The van der Waals surface area contributed by atoms with Crippen LogP contribution in [-0.2, 0) is 6.54 Å². The molecule has 0 bridgehead atoms. The van der Waals surface area contributed by atoms with E-state index in [-0.39, 0.29) is 16.7 Å². The van der Waals surface area contributed by atoms with E-state index in [0.29, 0.717) is 6.54 Å². The summed E-state index contributed by atoms with van der Waals surface area (Å²) in [4.78, 5) is 21.2. The number of hydrogen-bond donors (Lipinski definition) is 3. The number of benzene rings is 2. The first-order chi connectivity index (χ1) is 9.97. The summed E-state index contributed by atoms with van der Waals surface area (Å²) < 4.78 is 0. The van der Waals surface area contributed by atoms with E-state index in [1.807, 2.05) is 30.3 Å². The molecule has 2 aromatic carbocycles. The number of carbonyl (C=O) groups is 2. The van der Waals surface area contributed by atoms with Crippen LogP contribution in [0.2, 0.25) is 0 Å². The number of nitrogens with two attached hydrogens (primary N) is 1. The molecule has 0 fully saturated rings. The van der Waals surface area contributed by atoms with Gasteiger partial charge >= 0.3 is 11.9 Å². The molecule has 0 aliphatic carbocycles. The Morgan fingerprint density at radius 2 is 1.38 bits per heavy atom. The van der Waals surface area contributed by atoms with Gasteiger partial charge in [0.1, 0.15) is 0 Å². The van der Waals surface area contributed by atoms with Crippen molar-refractivity contribution in [2.75, 3.05) is 0 Å². The van der Waals surface area contributed by atoms with E-state index in [1.165, 1.54) is 30.7 Å². The first kappa shape index (κ1) is 16.4. The van der Waals surface area contributed by atoms with E-state index in [2.05, 4.69) is 0 Å². The van der Waals surface area contributed by atoms with Gasteiger partial charge in [-0.05, 0) is 30.2 Å². The first-order valence-electron chi connectivity index (χ1n) is 6.27. The van der Waals surface area contributed by atoms with Crippen molar-refractivity contribution in [2.24, 2.45) is 5.73 Å². The molecule has 0 atom stereocenters. The van der Waals surface area contributed by atoms with Crippen LogP contribution in [0.3, 0.4) is 0 Å². The molecule has 0 aliphatic rings. The summed E-state index contributed by atoms with van der Waals surface area (Å²) in [6.07, 6.45) is 0. The van der Waals surface area contributed by atoms with Gasteiger partial charge in [0.2, 0.25) is 0 Å². The van der Waals surface area contributed by atoms with Crippen molar-refractivity contribution in [3.63, 3.8) is 0 Å². The summed E-state index contributed by atoms with van der Waals surface area (Å²) >= 11 is 0. The molecular weight excluding hydrogens is 270 g/mol. The maximum absolute atomic E-state index is 10.6. The molecule has 0 radical (unpaired) electrons. The highest BCUT2D eigenvalue weighted by atomic mass is 16.4. The molecule has 0 amide bonds. The zero-order chi connectivity index (χ0) is 15.8. The lowest BCUT2D eigenvalue weighted by Gasteiger charge is -2.03. The van der Waals surface area contributed by atoms with E-state index in [4.69, 9.17) is 15.9 Å². The molecule has 2 aromatic rings. The van der Waals surface area contributed by atoms with Crippen LogP contribution in [0.5, 0.6) is 0 Å². The molecule has 0 aromatic heterocycles. The van der Waals surface area contributed by atoms with Crippen LogP contribution in [0.4, 0.5) is 0 Å². The van der Waals surface area contributed by atoms with Crippen LogP contribution in [0.15, 0.2) is 48.5 Å². The third-order valence-corrected chi connectivity index (χ3v) is 2.87. The Bertz CT molecular complexity index is 591. The highest BCUT2D eigenvalue weighted by molar-refractivity contribution is 5.96. The van der Waals surface area contributed by atoms with Gasteiger partial charge in [-0.3, -0.25) is 0 Å². The van der Waals surface area contributed by atoms with Crippen LogP contribution >= 0.6 is 0 Å². The van der Waals surface area contributed by atoms with Gasteiger partial charge in [0.25, 0.3) is 0 Å². The molecule has 0 unspecified atom stereocenters. The van der Waals surface area contributed by atoms with E-state index >= 15 is 0 Å². The second-order valence-electron chi connectivity index (χ2n) is 4.28. The molecule has 0 saturated carbocycles. The lowest BCUT2D eigenvalue weighted by atomic mass is 10.0. The molecule has 21 heavy (non-hydrogen) atoms. The van der Waals surface area contributed by atoms with Gasteiger partial charge in [-0.15, -0.1) is 0 Å². The van der Waals surface area contributed by atoms with Crippen LogP contribution in [0.25, 0.3) is 0 Å². The first-order valence-corrected chi connectivity index (χ1v) is 6.27. The Morgan fingerprint density at radius 1 is 0.905 bits per heavy atom. The topological polar surface area (TPSA) is 101 Å². The fraction of sp³-hybridized carbons (Fsp3) is 0.125. The van der Waals surface area contributed by atoms with Crippen molar-refractivity contribution in [1.29, 1.82) is 0 Å². The second-order valence-corrected chi connectivity index (χ2v) is 4.28. The largest absolute Gasteiger partial charge is 0.478 e. The minimum atomic E-state index is -1.11. The fourth-order valence-electron chi connectivity index (χ4n) is 1.71. The van der Waals surface area contributed by atoms with E-state index in [0.717, 1.165) is 0 Å². The smallest absolute Gasteiger partial charge is 0.335 e. The normalized spacial score (nSPS) is 9.43. The molecule has 0 spiro atoms. The molecule has 110 valence electrons. The second kappa shape index (κ2) is 7.81. The molecule has 0 saturated heterocycles. The Morgan fingerprint density at radius 3 is 1.71 bits per heavy atom. The van der Waals surface area contributed by atoms with Crippen LogP contribution in [0, 0.1) is 6.92 Å². The molecule has 0 heterocycles. The van der Waals surface area contributed by atoms with Crippen LogP contribution in [-0.4, -0.2) is 22.2 Å². The summed E-state index contributed by atoms with van der Waals surface area (Å²) in [7, 11) is 0. The van der Waals surface area contributed by atoms with Gasteiger partial charge in [-0.25, -0.2) is 9.59 Å². The lowest BCUT2D eigenvalue weighted by Crippen LogP contribution is -2.06. The Hall–Kier alpha value is -2.66. The minimum absolute atomic E-state index is 0.0277. The Kier molecular flexibility index (Phi) is 6.10. The molecule has 4 N–H and O–H groups in total. The van der Waals surface area contributed by atoms with Crippen molar-refractivity contribution in [2.45, 2.75) is 13.5 Å². The summed E-state index contributed by atoms with van der Waals surface area (Å²) in [5.74, 6) is -2.22. The van der Waals surface area contributed by atoms with Crippen molar-refractivity contribution in [3.05, 3.63) is 70.8 Å². The highest BCUT2D eigenvalue weighted by Gasteiger charge is 2.13. The number of aromatic carboxylic acids is 2. The molecule has 5 nitrogen and oxygen atoms in total. The van der Waals surface area contributed by atoms with Crippen LogP contribution in [0.1, 0.15) is 31.8 Å². The van der Waals surface area contributed by atoms with Crippen molar-refractivity contribution in [1.82, 2.24) is 0 Å². The third-order valence-electron chi connectivity index (χ3n) is 2.87. The van der Waals surface area contributed by atoms with Gasteiger partial charge in [0.05, 0.1) is 11.1 Å². The number of carboxylic acids is 2. The molecule has 0 aliphatic heterocycles. The average molecular weight is 287 g/mol. The van der Waals surface area contributed by atoms with E-state index < -0.39 is 11.9 Å². The third kappa shape index (κ3) is 4.74. The monoisotopic (exact) mass is 287 g/mol. The van der Waals surface area contributed by atoms with Crippen molar-refractivity contribution >= 4 is 11.9 Å². The fourth-order valence-corrected chi connectivity index (χ4v) is 1.71. The molecule has 2 rings (SSSR count). The maximum atomic E-state index is 10.6. The standard InChI is InChI=1S/C9H8O4.C7H9N/c1-5-6(8(10)11)3-2-4-7(5)9(12)13;8-6-7-4-2-1-3-5-7/h2-4H,1H3,(H,10,11)(H,12,13);1-5H,6,8H2. The molecule has 5 heteroatoms.